The molecule has 3 aromatic heterocycles. The van der Waals surface area contributed by atoms with Crippen molar-refractivity contribution in [2.75, 3.05) is 6.26 Å². The summed E-state index contributed by atoms with van der Waals surface area (Å²) in [6, 6.07) is 8.09. The van der Waals surface area contributed by atoms with Crippen LogP contribution >= 0.6 is 0 Å². The number of sulfone groups is 1. The van der Waals surface area contributed by atoms with Crippen molar-refractivity contribution >= 4 is 32.7 Å². The molecule has 13 heteroatoms. The second-order valence-corrected chi connectivity index (χ2v) is 13.0. The number of rotatable bonds is 7. The summed E-state index contributed by atoms with van der Waals surface area (Å²) in [7, 11) is -1.52. The number of nitrogens with one attached hydrogen (secondary N) is 1. The number of hydrogen-bond donors (Lipinski definition) is 2. The minimum Gasteiger partial charge on any atom is -0.474 e. The zero-order valence-electron chi connectivity index (χ0n) is 22.3. The van der Waals surface area contributed by atoms with Crippen molar-refractivity contribution in [2.45, 2.75) is 49.6 Å². The second-order valence-electron chi connectivity index (χ2n) is 10.9. The maximum atomic E-state index is 13.0. The molecule has 2 aliphatic rings. The third-order valence-electron chi connectivity index (χ3n) is 8.00. The van der Waals surface area contributed by atoms with E-state index in [-0.39, 0.29) is 39.8 Å². The highest BCUT2D eigenvalue weighted by atomic mass is 32.2. The van der Waals surface area contributed by atoms with Crippen LogP contribution in [0.15, 0.2) is 47.6 Å². The van der Waals surface area contributed by atoms with Crippen LogP contribution in [0.25, 0.3) is 16.7 Å². The summed E-state index contributed by atoms with van der Waals surface area (Å²) in [5, 5.41) is 12.3. The van der Waals surface area contributed by atoms with E-state index >= 15 is 0 Å². The van der Waals surface area contributed by atoms with Gasteiger partial charge in [-0.2, -0.15) is 15.2 Å². The molecule has 2 aliphatic carbocycles. The van der Waals surface area contributed by atoms with Crippen molar-refractivity contribution in [3.05, 3.63) is 59.5 Å². The SMILES string of the molecule is Cc1c(C(=O)N[C@H]2CC3(C2)C[C@H](Oc2nc4c(cnn4C)cc2C(N)=O)C3)cnn1-c1ccc(S(C)(=O)=O)cc1. The number of hydrogen-bond acceptors (Lipinski definition) is 8. The molecule has 208 valence electrons. The molecule has 0 saturated heterocycles. The van der Waals surface area contributed by atoms with Crippen LogP contribution in [0.2, 0.25) is 0 Å². The Morgan fingerprint density at radius 3 is 2.42 bits per heavy atom. The number of carbonyl (C=O) groups is 2. The van der Waals surface area contributed by atoms with Gasteiger partial charge in [-0.3, -0.25) is 14.3 Å². The summed E-state index contributed by atoms with van der Waals surface area (Å²) < 4.78 is 32.8. The lowest BCUT2D eigenvalue weighted by molar-refractivity contribution is -0.0847. The van der Waals surface area contributed by atoms with E-state index in [4.69, 9.17) is 10.5 Å². The second kappa shape index (κ2) is 9.15. The number of fused-ring (bicyclic) bond motifs is 1. The summed E-state index contributed by atoms with van der Waals surface area (Å²) >= 11 is 0. The molecule has 1 aromatic carbocycles. The number of ether oxygens (including phenoxy) is 1. The zero-order valence-corrected chi connectivity index (χ0v) is 23.1. The molecule has 3 N–H and O–H groups in total. The molecule has 0 radical (unpaired) electrons. The van der Waals surface area contributed by atoms with Gasteiger partial charge in [-0.05, 0) is 68.4 Å². The molecular weight excluding hydrogens is 534 g/mol. The van der Waals surface area contributed by atoms with Crippen molar-refractivity contribution in [1.82, 2.24) is 29.9 Å². The Kier molecular flexibility index (Phi) is 5.95. The maximum Gasteiger partial charge on any atom is 0.254 e. The summed E-state index contributed by atoms with van der Waals surface area (Å²) in [6.07, 6.45) is 7.54. The lowest BCUT2D eigenvalue weighted by Gasteiger charge is -2.57. The van der Waals surface area contributed by atoms with Crippen LogP contribution in [0.3, 0.4) is 0 Å². The lowest BCUT2D eigenvalue weighted by atomic mass is 9.53. The van der Waals surface area contributed by atoms with Crippen LogP contribution in [-0.2, 0) is 16.9 Å². The fourth-order valence-corrected chi connectivity index (χ4v) is 6.52. The first-order chi connectivity index (χ1) is 18.9. The quantitative estimate of drug-likeness (QED) is 0.345. The number of nitrogens with zero attached hydrogens (tertiary/aromatic N) is 5. The van der Waals surface area contributed by atoms with E-state index in [9.17, 15) is 18.0 Å². The first kappa shape index (κ1) is 26.0. The molecule has 4 aromatic rings. The monoisotopic (exact) mass is 563 g/mol. The summed E-state index contributed by atoms with van der Waals surface area (Å²) in [5.74, 6) is -0.562. The van der Waals surface area contributed by atoms with Gasteiger partial charge >= 0.3 is 0 Å². The smallest absolute Gasteiger partial charge is 0.254 e. The third kappa shape index (κ3) is 4.49. The first-order valence-corrected chi connectivity index (χ1v) is 14.8. The highest BCUT2D eigenvalue weighted by Gasteiger charge is 2.54. The van der Waals surface area contributed by atoms with E-state index in [1.54, 1.807) is 47.7 Å². The Morgan fingerprint density at radius 2 is 1.77 bits per heavy atom. The first-order valence-electron chi connectivity index (χ1n) is 12.9. The molecule has 40 heavy (non-hydrogen) atoms. The number of primary amides is 1. The van der Waals surface area contributed by atoms with Gasteiger partial charge in [0.05, 0.1) is 34.2 Å². The summed E-state index contributed by atoms with van der Waals surface area (Å²) in [5.41, 5.74) is 8.33. The maximum absolute atomic E-state index is 13.0. The third-order valence-corrected chi connectivity index (χ3v) is 9.12. The highest BCUT2D eigenvalue weighted by molar-refractivity contribution is 7.90. The number of carbonyl (C=O) groups excluding carboxylic acids is 2. The number of pyridine rings is 1. The molecular formula is C27H29N7O5S. The minimum atomic E-state index is -3.30. The van der Waals surface area contributed by atoms with Gasteiger partial charge in [-0.25, -0.2) is 13.1 Å². The summed E-state index contributed by atoms with van der Waals surface area (Å²) in [4.78, 5) is 29.7. The Morgan fingerprint density at radius 1 is 1.07 bits per heavy atom. The fourth-order valence-electron chi connectivity index (χ4n) is 5.89. The van der Waals surface area contributed by atoms with Gasteiger partial charge in [-0.15, -0.1) is 0 Å². The molecule has 0 aliphatic heterocycles. The molecule has 0 bridgehead atoms. The number of nitrogens with two attached hydrogens (primary N) is 1. The van der Waals surface area contributed by atoms with E-state index in [2.05, 4.69) is 20.5 Å². The van der Waals surface area contributed by atoms with E-state index in [0.29, 0.717) is 22.6 Å². The van der Waals surface area contributed by atoms with Crippen molar-refractivity contribution in [3.63, 3.8) is 0 Å². The average Bonchev–Trinajstić information content (AvgIpc) is 3.42. The van der Waals surface area contributed by atoms with Crippen LogP contribution in [0.4, 0.5) is 0 Å². The number of benzene rings is 1. The Balaban J connectivity index is 1.05. The molecule has 2 fully saturated rings. The van der Waals surface area contributed by atoms with E-state index < -0.39 is 15.7 Å². The van der Waals surface area contributed by atoms with E-state index in [1.807, 2.05) is 0 Å². The molecule has 0 atom stereocenters. The van der Waals surface area contributed by atoms with Crippen molar-refractivity contribution in [2.24, 2.45) is 18.2 Å². The van der Waals surface area contributed by atoms with Crippen molar-refractivity contribution in [3.8, 4) is 11.6 Å². The molecule has 12 nitrogen and oxygen atoms in total. The Labute approximate surface area is 230 Å². The van der Waals surface area contributed by atoms with Gasteiger partial charge in [-0.1, -0.05) is 0 Å². The summed E-state index contributed by atoms with van der Waals surface area (Å²) in [6.45, 7) is 1.81. The van der Waals surface area contributed by atoms with Crippen LogP contribution in [0, 0.1) is 12.3 Å². The molecule has 6 rings (SSSR count). The van der Waals surface area contributed by atoms with Gasteiger partial charge < -0.3 is 15.8 Å². The van der Waals surface area contributed by atoms with E-state index in [0.717, 1.165) is 37.3 Å². The predicted molar refractivity (Wildman–Crippen MR) is 145 cm³/mol. The predicted octanol–water partition coefficient (Wildman–Crippen LogP) is 2.08. The van der Waals surface area contributed by atoms with Gasteiger partial charge in [0.1, 0.15) is 11.7 Å². The topological polar surface area (TPSA) is 164 Å². The number of amides is 2. The Hall–Kier alpha value is -4.26. The normalized spacial score (nSPS) is 22.1. The van der Waals surface area contributed by atoms with Crippen LogP contribution in [0.5, 0.6) is 5.88 Å². The number of aryl methyl sites for hydroxylation is 1. The van der Waals surface area contributed by atoms with Gasteiger partial charge in [0, 0.05) is 24.7 Å². The highest BCUT2D eigenvalue weighted by Crippen LogP contribution is 2.56. The molecule has 0 unspecified atom stereocenters. The van der Waals surface area contributed by atoms with Crippen LogP contribution < -0.4 is 15.8 Å². The van der Waals surface area contributed by atoms with Crippen molar-refractivity contribution < 1.29 is 22.7 Å². The molecule has 2 amide bonds. The zero-order chi connectivity index (χ0) is 28.4. The van der Waals surface area contributed by atoms with Gasteiger partial charge in [0.15, 0.2) is 15.5 Å². The molecule has 3 heterocycles. The fraction of sp³-hybridized carbons (Fsp3) is 0.370. The molecule has 1 spiro atoms. The molecule has 2 saturated carbocycles. The average molecular weight is 564 g/mol. The largest absolute Gasteiger partial charge is 0.474 e. The van der Waals surface area contributed by atoms with Crippen molar-refractivity contribution in [1.29, 1.82) is 0 Å². The van der Waals surface area contributed by atoms with Crippen LogP contribution in [0.1, 0.15) is 52.1 Å². The minimum absolute atomic E-state index is 0.0512. The van der Waals surface area contributed by atoms with Gasteiger partial charge in [0.25, 0.3) is 11.8 Å². The lowest BCUT2D eigenvalue weighted by Crippen LogP contribution is -2.58. The van der Waals surface area contributed by atoms with E-state index in [1.165, 1.54) is 18.3 Å². The number of aromatic nitrogens is 5. The standard InChI is InChI=1S/C27H29N7O5S/c1-15-22(14-30-34(15)18-4-6-20(7-5-18)40(3,37)38)25(36)31-17-9-27(10-17)11-19(12-27)39-26-21(23(28)35)8-16-13-29-33(2)24(16)32-26/h4-8,13-14,17,19H,9-12H2,1-3H3,(H2,28,35)(H,31,36)/t17-,19-,27?. The van der Waals surface area contributed by atoms with Gasteiger partial charge in [0.2, 0.25) is 5.88 Å². The Bertz CT molecular complexity index is 1760. The van der Waals surface area contributed by atoms with Crippen LogP contribution in [-0.4, -0.2) is 63.2 Å².